The molecule has 0 saturated carbocycles. The van der Waals surface area contributed by atoms with Crippen LogP contribution in [-0.4, -0.2) is 26.9 Å². The number of carbonyl (C=O) groups is 1. The van der Waals surface area contributed by atoms with E-state index < -0.39 is 5.97 Å². The third kappa shape index (κ3) is 6.28. The van der Waals surface area contributed by atoms with Crippen LogP contribution >= 0.6 is 35.0 Å². The number of hydrogen-bond acceptors (Lipinski definition) is 3. The van der Waals surface area contributed by atoms with Gasteiger partial charge in [0.05, 0.1) is 22.3 Å². The number of hydrogen-bond donors (Lipinski definition) is 1. The molecule has 3 aromatic carbocycles. The van der Waals surface area contributed by atoms with Crippen molar-refractivity contribution >= 4 is 53.1 Å². The van der Waals surface area contributed by atoms with Crippen molar-refractivity contribution in [3.8, 4) is 22.4 Å². The summed E-state index contributed by atoms with van der Waals surface area (Å²) in [5, 5.41) is 10.5. The molecule has 39 heavy (non-hydrogen) atoms. The van der Waals surface area contributed by atoms with E-state index in [4.69, 9.17) is 28.2 Å². The Morgan fingerprint density at radius 2 is 1.82 bits per heavy atom. The molecule has 5 rings (SSSR count). The number of rotatable bonds is 7. The third-order valence-corrected chi connectivity index (χ3v) is 7.60. The maximum Gasteiger partial charge on any atom is 0.335 e. The predicted octanol–water partition coefficient (Wildman–Crippen LogP) is 9.09. The second kappa shape index (κ2) is 12.0. The number of aromatic nitrogens is 2. The second-order valence-corrected chi connectivity index (χ2v) is 10.6. The fourth-order valence-corrected chi connectivity index (χ4v) is 5.24. The average Bonchev–Trinajstić information content (AvgIpc) is 3.19. The van der Waals surface area contributed by atoms with Crippen molar-refractivity contribution in [2.45, 2.75) is 10.9 Å². The van der Waals surface area contributed by atoms with Crippen LogP contribution in [0.1, 0.15) is 17.4 Å². The number of thioether (sulfide) groups is 1. The summed E-state index contributed by atoms with van der Waals surface area (Å²) in [6.45, 7) is 0. The minimum atomic E-state index is -0.973. The minimum Gasteiger partial charge on any atom is -0.478 e. The number of carboxylic acid groups (broad SMARTS) is 1. The summed E-state index contributed by atoms with van der Waals surface area (Å²) in [5.41, 5.74) is 5.03. The molecule has 4 aromatic rings. The summed E-state index contributed by atoms with van der Waals surface area (Å²) in [7, 11) is 0. The standard InChI is InChI=1S/C32H24Cl2N2O2S/c1-39-27-7-3-5-24(18-27)22-11-8-21(9-12-22)10-17-31-35-30(28-16-14-25(33)19-29(28)34)20-36(31)26-6-2-4-23(13-15-26)32(37)38/h2-20,26H,1H3,(H,37,38)/b17-10+. The van der Waals surface area contributed by atoms with E-state index in [1.807, 2.05) is 41.1 Å². The Labute approximate surface area is 241 Å². The van der Waals surface area contributed by atoms with Gasteiger partial charge in [0.15, 0.2) is 0 Å². The summed E-state index contributed by atoms with van der Waals surface area (Å²) < 4.78 is 1.99. The highest BCUT2D eigenvalue weighted by Gasteiger charge is 2.16. The van der Waals surface area contributed by atoms with Crippen LogP contribution in [0.15, 0.2) is 114 Å². The van der Waals surface area contributed by atoms with Gasteiger partial charge >= 0.3 is 5.97 Å². The van der Waals surface area contributed by atoms with Gasteiger partial charge in [0.25, 0.3) is 0 Å². The second-order valence-electron chi connectivity index (χ2n) is 8.86. The highest BCUT2D eigenvalue weighted by atomic mass is 35.5. The predicted molar refractivity (Wildman–Crippen MR) is 163 cm³/mol. The van der Waals surface area contributed by atoms with E-state index in [1.165, 1.54) is 10.5 Å². The molecule has 0 radical (unpaired) electrons. The summed E-state index contributed by atoms with van der Waals surface area (Å²) in [4.78, 5) is 17.6. The molecule has 0 aliphatic heterocycles. The third-order valence-electron chi connectivity index (χ3n) is 6.33. The molecule has 1 atom stereocenters. The molecule has 7 heteroatoms. The lowest BCUT2D eigenvalue weighted by Crippen LogP contribution is -2.05. The largest absolute Gasteiger partial charge is 0.478 e. The lowest BCUT2D eigenvalue weighted by atomic mass is 10.0. The van der Waals surface area contributed by atoms with Crippen molar-refractivity contribution in [2.24, 2.45) is 0 Å². The lowest BCUT2D eigenvalue weighted by molar-refractivity contribution is -0.132. The first-order valence-corrected chi connectivity index (χ1v) is 14.2. The molecule has 0 fully saturated rings. The first-order valence-electron chi connectivity index (χ1n) is 12.2. The van der Waals surface area contributed by atoms with Crippen LogP contribution in [0.25, 0.3) is 34.5 Å². The van der Waals surface area contributed by atoms with Crippen LogP contribution in [-0.2, 0) is 4.79 Å². The van der Waals surface area contributed by atoms with Crippen LogP contribution in [0.5, 0.6) is 0 Å². The van der Waals surface area contributed by atoms with Gasteiger partial charge in [0.1, 0.15) is 5.82 Å². The van der Waals surface area contributed by atoms with Crippen LogP contribution in [0.4, 0.5) is 0 Å². The van der Waals surface area contributed by atoms with E-state index in [1.54, 1.807) is 42.1 Å². The lowest BCUT2D eigenvalue weighted by Gasteiger charge is -2.11. The van der Waals surface area contributed by atoms with Gasteiger partial charge in [-0.1, -0.05) is 83.9 Å². The molecule has 1 aromatic heterocycles. The molecule has 1 aliphatic carbocycles. The Balaban J connectivity index is 1.48. The zero-order valence-electron chi connectivity index (χ0n) is 21.0. The van der Waals surface area contributed by atoms with Gasteiger partial charge in [-0.05, 0) is 71.5 Å². The molecule has 1 N–H and O–H groups in total. The van der Waals surface area contributed by atoms with Crippen molar-refractivity contribution in [3.05, 3.63) is 130 Å². The zero-order valence-corrected chi connectivity index (χ0v) is 23.3. The average molecular weight is 572 g/mol. The summed E-state index contributed by atoms with van der Waals surface area (Å²) in [6, 6.07) is 21.9. The topological polar surface area (TPSA) is 55.1 Å². The van der Waals surface area contributed by atoms with E-state index >= 15 is 0 Å². The fraction of sp³-hybridized carbons (Fsp3) is 0.0625. The van der Waals surface area contributed by atoms with Gasteiger partial charge in [-0.3, -0.25) is 0 Å². The van der Waals surface area contributed by atoms with Crippen molar-refractivity contribution in [1.29, 1.82) is 0 Å². The first-order chi connectivity index (χ1) is 18.9. The minimum absolute atomic E-state index is 0.218. The molecule has 4 nitrogen and oxygen atoms in total. The number of benzene rings is 3. The van der Waals surface area contributed by atoms with Crippen LogP contribution < -0.4 is 0 Å². The molecule has 0 saturated heterocycles. The highest BCUT2D eigenvalue weighted by molar-refractivity contribution is 7.98. The maximum absolute atomic E-state index is 11.5. The Kier molecular flexibility index (Phi) is 8.22. The number of allylic oxidation sites excluding steroid dienone is 4. The van der Waals surface area contributed by atoms with Gasteiger partial charge in [-0.15, -0.1) is 11.8 Å². The Bertz CT molecular complexity index is 1650. The number of imidazole rings is 1. The van der Waals surface area contributed by atoms with Gasteiger partial charge in [-0.2, -0.15) is 0 Å². The molecule has 194 valence electrons. The van der Waals surface area contributed by atoms with Gasteiger partial charge in [-0.25, -0.2) is 9.78 Å². The number of carboxylic acids is 1. The SMILES string of the molecule is CSc1cccc(-c2ccc(/C=C/c3nc(-c4ccc(Cl)cc4Cl)cn3C3C=CC=C(C(=O)O)C=C3)cc2)c1. The summed E-state index contributed by atoms with van der Waals surface area (Å²) in [6.07, 6.45) is 16.7. The number of halogens is 2. The van der Waals surface area contributed by atoms with Gasteiger partial charge in [0, 0.05) is 21.7 Å². The Morgan fingerprint density at radius 3 is 2.56 bits per heavy atom. The normalized spacial score (nSPS) is 14.9. The van der Waals surface area contributed by atoms with Gasteiger partial charge in [0.2, 0.25) is 0 Å². The Hall–Kier alpha value is -3.77. The summed E-state index contributed by atoms with van der Waals surface area (Å²) >= 11 is 14.3. The van der Waals surface area contributed by atoms with Crippen molar-refractivity contribution in [2.75, 3.05) is 6.26 Å². The molecule has 0 spiro atoms. The molecule has 0 amide bonds. The first kappa shape index (κ1) is 26.8. The highest BCUT2D eigenvalue weighted by Crippen LogP contribution is 2.32. The molecule has 0 bridgehead atoms. The van der Waals surface area contributed by atoms with Crippen LogP contribution in [0, 0.1) is 0 Å². The molecule has 1 heterocycles. The van der Waals surface area contributed by atoms with Crippen molar-refractivity contribution in [3.63, 3.8) is 0 Å². The molecular formula is C32H24Cl2N2O2S. The molecule has 1 aliphatic rings. The fourth-order valence-electron chi connectivity index (χ4n) is 4.28. The summed E-state index contributed by atoms with van der Waals surface area (Å²) in [5.74, 6) is -0.273. The van der Waals surface area contributed by atoms with E-state index in [9.17, 15) is 9.90 Å². The zero-order chi connectivity index (χ0) is 27.4. The maximum atomic E-state index is 11.5. The molecular weight excluding hydrogens is 547 g/mol. The van der Waals surface area contributed by atoms with Crippen molar-refractivity contribution < 1.29 is 9.90 Å². The van der Waals surface area contributed by atoms with Gasteiger partial charge < -0.3 is 9.67 Å². The van der Waals surface area contributed by atoms with Crippen LogP contribution in [0.2, 0.25) is 10.0 Å². The van der Waals surface area contributed by atoms with E-state index in [-0.39, 0.29) is 11.6 Å². The quantitative estimate of drug-likeness (QED) is 0.225. The monoisotopic (exact) mass is 570 g/mol. The van der Waals surface area contributed by atoms with Crippen molar-refractivity contribution in [1.82, 2.24) is 9.55 Å². The number of aliphatic carboxylic acids is 1. The van der Waals surface area contributed by atoms with E-state index in [0.29, 0.717) is 21.6 Å². The smallest absolute Gasteiger partial charge is 0.335 e. The number of nitrogens with zero attached hydrogens (tertiary/aromatic N) is 2. The van der Waals surface area contributed by atoms with E-state index in [2.05, 4.69) is 54.8 Å². The van der Waals surface area contributed by atoms with E-state index in [0.717, 1.165) is 16.7 Å². The molecule has 1 unspecified atom stereocenters. The Morgan fingerprint density at radius 1 is 1.00 bits per heavy atom. The van der Waals surface area contributed by atoms with Crippen LogP contribution in [0.3, 0.4) is 0 Å².